The zero-order valence-electron chi connectivity index (χ0n) is 12.3. The molecule has 9 nitrogen and oxygen atoms in total. The van der Waals surface area contributed by atoms with E-state index < -0.39 is 17.5 Å². The minimum Gasteiger partial charge on any atom is -0.480 e. The largest absolute Gasteiger partial charge is 0.480 e. The first-order chi connectivity index (χ1) is 11.9. The smallest absolute Gasteiger partial charge is 0.341 e. The number of aliphatic carboxylic acids is 1. The third-order valence-electron chi connectivity index (χ3n) is 2.71. The predicted octanol–water partition coefficient (Wildman–Crippen LogP) is 3.11. The molecule has 130 valence electrons. The first-order valence-corrected chi connectivity index (χ1v) is 8.75. The van der Waals surface area contributed by atoms with Gasteiger partial charge in [-0.25, -0.2) is 9.78 Å². The number of anilines is 1. The first-order valence-electron chi connectivity index (χ1n) is 6.60. The van der Waals surface area contributed by atoms with Crippen molar-refractivity contribution in [3.8, 4) is 5.75 Å². The van der Waals surface area contributed by atoms with Crippen LogP contribution in [-0.4, -0.2) is 33.8 Å². The molecular formula is C14H10I2N4O5. The number of nitrogens with zero attached hydrogens (tertiary/aromatic N) is 3. The number of carboxylic acids is 1. The van der Waals surface area contributed by atoms with Gasteiger partial charge in [0, 0.05) is 6.07 Å². The minimum absolute atomic E-state index is 0.101. The van der Waals surface area contributed by atoms with Gasteiger partial charge in [0.15, 0.2) is 6.61 Å². The summed E-state index contributed by atoms with van der Waals surface area (Å²) in [5.41, 5.74) is 3.34. The fraction of sp³-hybridized carbons (Fsp3) is 0.0714. The molecule has 0 aliphatic carbocycles. The Hall–Kier alpha value is -2.03. The van der Waals surface area contributed by atoms with Crippen LogP contribution < -0.4 is 10.2 Å². The van der Waals surface area contributed by atoms with Gasteiger partial charge in [-0.1, -0.05) is 0 Å². The van der Waals surface area contributed by atoms with Crippen LogP contribution >= 0.6 is 45.2 Å². The molecule has 0 radical (unpaired) electrons. The lowest BCUT2D eigenvalue weighted by Crippen LogP contribution is -2.11. The van der Waals surface area contributed by atoms with Gasteiger partial charge >= 0.3 is 5.97 Å². The minimum atomic E-state index is -1.04. The van der Waals surface area contributed by atoms with Crippen LogP contribution in [0.25, 0.3) is 0 Å². The van der Waals surface area contributed by atoms with Gasteiger partial charge in [0.05, 0.1) is 18.3 Å². The third-order valence-corrected chi connectivity index (χ3v) is 4.31. The molecule has 0 fully saturated rings. The number of aromatic nitrogens is 1. The summed E-state index contributed by atoms with van der Waals surface area (Å²) in [4.78, 5) is 24.5. The van der Waals surface area contributed by atoms with E-state index in [1.54, 1.807) is 18.3 Å². The number of carbonyl (C=O) groups is 1. The number of hydrogen-bond donors (Lipinski definition) is 2. The van der Waals surface area contributed by atoms with Crippen LogP contribution in [0.1, 0.15) is 5.56 Å². The van der Waals surface area contributed by atoms with Crippen LogP contribution in [0, 0.1) is 17.3 Å². The maximum atomic E-state index is 10.6. The quantitative estimate of drug-likeness (QED) is 0.228. The Morgan fingerprint density at radius 2 is 2.08 bits per heavy atom. The van der Waals surface area contributed by atoms with Crippen LogP contribution in [0.4, 0.5) is 11.5 Å². The van der Waals surface area contributed by atoms with Crippen molar-refractivity contribution in [1.29, 1.82) is 0 Å². The molecule has 0 atom stereocenters. The maximum absolute atomic E-state index is 10.6. The highest BCUT2D eigenvalue weighted by Crippen LogP contribution is 2.28. The van der Waals surface area contributed by atoms with Crippen LogP contribution in [-0.2, 0) is 4.79 Å². The van der Waals surface area contributed by atoms with Crippen molar-refractivity contribution in [1.82, 2.24) is 4.98 Å². The Morgan fingerprint density at radius 1 is 1.40 bits per heavy atom. The number of nitrogens with one attached hydrogen (secondary N) is 1. The van der Waals surface area contributed by atoms with Gasteiger partial charge in [-0.2, -0.15) is 5.10 Å². The summed E-state index contributed by atoms with van der Waals surface area (Å²) in [6.07, 6.45) is 2.69. The zero-order valence-corrected chi connectivity index (χ0v) is 16.7. The number of benzene rings is 1. The average Bonchev–Trinajstić information content (AvgIpc) is 2.54. The second kappa shape index (κ2) is 8.89. The maximum Gasteiger partial charge on any atom is 0.341 e. The van der Waals surface area contributed by atoms with Gasteiger partial charge in [0.2, 0.25) is 0 Å². The molecule has 0 amide bonds. The van der Waals surface area contributed by atoms with E-state index in [2.05, 4.69) is 60.7 Å². The number of nitro groups is 1. The molecule has 0 saturated carbocycles. The Kier molecular flexibility index (Phi) is 6.86. The number of hydrazone groups is 1. The highest BCUT2D eigenvalue weighted by atomic mass is 127. The highest BCUT2D eigenvalue weighted by Gasteiger charge is 2.10. The Labute approximate surface area is 168 Å². The van der Waals surface area contributed by atoms with Crippen molar-refractivity contribution in [2.75, 3.05) is 12.0 Å². The van der Waals surface area contributed by atoms with Gasteiger partial charge in [0.25, 0.3) is 5.69 Å². The summed E-state index contributed by atoms with van der Waals surface area (Å²) >= 11 is 4.10. The van der Waals surface area contributed by atoms with E-state index in [4.69, 9.17) is 9.84 Å². The van der Waals surface area contributed by atoms with Crippen LogP contribution in [0.2, 0.25) is 0 Å². The summed E-state index contributed by atoms with van der Waals surface area (Å²) in [7, 11) is 0. The number of halogens is 2. The molecular weight excluding hydrogens is 558 g/mol. The highest BCUT2D eigenvalue weighted by molar-refractivity contribution is 14.1. The molecule has 0 unspecified atom stereocenters. The number of carboxylic acid groups (broad SMARTS) is 1. The van der Waals surface area contributed by atoms with E-state index in [1.165, 1.54) is 12.1 Å². The molecule has 1 aromatic carbocycles. The Balaban J connectivity index is 2.05. The lowest BCUT2D eigenvalue weighted by Gasteiger charge is -2.09. The second-order valence-corrected chi connectivity index (χ2v) is 6.85. The number of hydrogen-bond acceptors (Lipinski definition) is 7. The van der Waals surface area contributed by atoms with Crippen LogP contribution in [0.3, 0.4) is 0 Å². The van der Waals surface area contributed by atoms with Gasteiger partial charge in [-0.05, 0) is 68.9 Å². The number of rotatable bonds is 7. The molecule has 0 aliphatic rings. The summed E-state index contributed by atoms with van der Waals surface area (Å²) in [6, 6.07) is 6.35. The topological polar surface area (TPSA) is 127 Å². The number of ether oxygens (including phenoxy) is 1. The van der Waals surface area contributed by atoms with Crippen LogP contribution in [0.5, 0.6) is 5.75 Å². The lowest BCUT2D eigenvalue weighted by atomic mass is 10.2. The van der Waals surface area contributed by atoms with Gasteiger partial charge in [-0.3, -0.25) is 15.5 Å². The van der Waals surface area contributed by atoms with Crippen molar-refractivity contribution >= 4 is 68.9 Å². The monoisotopic (exact) mass is 568 g/mol. The van der Waals surface area contributed by atoms with E-state index in [-0.39, 0.29) is 5.69 Å². The zero-order chi connectivity index (χ0) is 18.4. The standard InChI is InChI=1S/C14H10I2N4O5/c15-10-3-8(4-11(16)14(10)25-7-13(21)22)5-18-19-12-2-1-9(6-17-12)20(23)24/h1-6H,7H2,(H,17,19)(H,21,22)/b18-5+. The molecule has 11 heteroatoms. The molecule has 0 bridgehead atoms. The number of pyridine rings is 1. The molecule has 2 aromatic rings. The summed E-state index contributed by atoms with van der Waals surface area (Å²) in [5.74, 6) is -0.171. The van der Waals surface area contributed by atoms with E-state index in [1.807, 2.05) is 0 Å². The molecule has 0 saturated heterocycles. The van der Waals surface area contributed by atoms with Gasteiger partial charge < -0.3 is 9.84 Å². The fourth-order valence-electron chi connectivity index (χ4n) is 1.66. The molecule has 1 heterocycles. The SMILES string of the molecule is O=C(O)COc1c(I)cc(/C=N/Nc2ccc([N+](=O)[O-])cn2)cc1I. The normalized spacial score (nSPS) is 10.6. The van der Waals surface area contributed by atoms with E-state index in [0.29, 0.717) is 11.6 Å². The fourth-order valence-corrected chi connectivity index (χ4v) is 3.79. The van der Waals surface area contributed by atoms with Crippen molar-refractivity contribution in [2.24, 2.45) is 5.10 Å². The van der Waals surface area contributed by atoms with Crippen molar-refractivity contribution in [3.05, 3.63) is 53.3 Å². The third kappa shape index (κ3) is 5.77. The summed E-state index contributed by atoms with van der Waals surface area (Å²) < 4.78 is 6.75. The predicted molar refractivity (Wildman–Crippen MR) is 107 cm³/mol. The van der Waals surface area contributed by atoms with Crippen molar-refractivity contribution in [2.45, 2.75) is 0 Å². The summed E-state index contributed by atoms with van der Waals surface area (Å²) in [5, 5.41) is 23.3. The van der Waals surface area contributed by atoms with Crippen molar-refractivity contribution < 1.29 is 19.6 Å². The molecule has 0 spiro atoms. The summed E-state index contributed by atoms with van der Waals surface area (Å²) in [6.45, 7) is -0.410. The lowest BCUT2D eigenvalue weighted by molar-refractivity contribution is -0.385. The van der Waals surface area contributed by atoms with E-state index in [0.717, 1.165) is 18.9 Å². The molecule has 2 rings (SSSR count). The van der Waals surface area contributed by atoms with Crippen LogP contribution in [0.15, 0.2) is 35.6 Å². The Bertz CT molecular complexity index is 803. The van der Waals surface area contributed by atoms with E-state index >= 15 is 0 Å². The average molecular weight is 568 g/mol. The van der Waals surface area contributed by atoms with Crippen molar-refractivity contribution in [3.63, 3.8) is 0 Å². The molecule has 0 aliphatic heterocycles. The second-order valence-electron chi connectivity index (χ2n) is 4.52. The molecule has 25 heavy (non-hydrogen) atoms. The van der Waals surface area contributed by atoms with Gasteiger partial charge in [-0.15, -0.1) is 0 Å². The van der Waals surface area contributed by atoms with Gasteiger partial charge in [0.1, 0.15) is 17.8 Å². The first kappa shape index (κ1) is 19.3. The molecule has 2 N–H and O–H groups in total. The molecule has 1 aromatic heterocycles. The van der Waals surface area contributed by atoms with E-state index in [9.17, 15) is 14.9 Å². The Morgan fingerprint density at radius 3 is 2.60 bits per heavy atom.